The zero-order chi connectivity index (χ0) is 15.7. The molecule has 0 N–H and O–H groups in total. The third-order valence-corrected chi connectivity index (χ3v) is 3.27. The van der Waals surface area contributed by atoms with Gasteiger partial charge in [-0.1, -0.05) is 11.2 Å². The molecule has 0 saturated carbocycles. The lowest BCUT2D eigenvalue weighted by Crippen LogP contribution is -2.20. The van der Waals surface area contributed by atoms with Crippen molar-refractivity contribution in [3.8, 4) is 0 Å². The average molecular weight is 299 g/mol. The number of benzene rings is 1. The number of methoxy groups -OCH3 is 1. The standard InChI is InChI=1S/C15H13N3O4/c1-9-16-13(22-17-9)8-18-6-5-10-3-4-11(15(20)21-2)7-12(10)14(18)19/h3-7H,8H2,1-2H3. The van der Waals surface area contributed by atoms with Crippen LogP contribution in [-0.4, -0.2) is 27.8 Å². The third kappa shape index (κ3) is 2.48. The largest absolute Gasteiger partial charge is 0.465 e. The molecule has 0 fully saturated rings. The van der Waals surface area contributed by atoms with Crippen LogP contribution in [-0.2, 0) is 11.3 Å². The van der Waals surface area contributed by atoms with Gasteiger partial charge in [-0.25, -0.2) is 4.79 Å². The first kappa shape index (κ1) is 14.0. The van der Waals surface area contributed by atoms with Crippen molar-refractivity contribution in [2.45, 2.75) is 13.5 Å². The number of nitrogens with zero attached hydrogens (tertiary/aromatic N) is 3. The Morgan fingerprint density at radius 2 is 2.18 bits per heavy atom. The summed E-state index contributed by atoms with van der Waals surface area (Å²) >= 11 is 0. The summed E-state index contributed by atoms with van der Waals surface area (Å²) in [6.45, 7) is 1.89. The number of hydrogen-bond acceptors (Lipinski definition) is 6. The molecule has 1 aromatic carbocycles. The van der Waals surface area contributed by atoms with Gasteiger partial charge in [0, 0.05) is 11.6 Å². The maximum atomic E-state index is 12.5. The van der Waals surface area contributed by atoms with E-state index in [4.69, 9.17) is 4.52 Å². The molecule has 22 heavy (non-hydrogen) atoms. The van der Waals surface area contributed by atoms with E-state index in [-0.39, 0.29) is 12.1 Å². The molecule has 0 bridgehead atoms. The molecule has 0 amide bonds. The maximum absolute atomic E-state index is 12.5. The van der Waals surface area contributed by atoms with Crippen LogP contribution in [0.4, 0.5) is 0 Å². The summed E-state index contributed by atoms with van der Waals surface area (Å²) in [5.41, 5.74) is 0.0950. The van der Waals surface area contributed by atoms with E-state index in [1.807, 2.05) is 0 Å². The molecule has 7 heteroatoms. The molecule has 3 rings (SSSR count). The van der Waals surface area contributed by atoms with Crippen molar-refractivity contribution < 1.29 is 14.1 Å². The third-order valence-electron chi connectivity index (χ3n) is 3.27. The van der Waals surface area contributed by atoms with Crippen LogP contribution in [0.2, 0.25) is 0 Å². The molecule has 112 valence electrons. The Kier molecular flexibility index (Phi) is 3.46. The monoisotopic (exact) mass is 299 g/mol. The lowest BCUT2D eigenvalue weighted by Gasteiger charge is -2.06. The minimum absolute atomic E-state index is 0.179. The molecule has 2 aromatic heterocycles. The molecule has 0 spiro atoms. The highest BCUT2D eigenvalue weighted by Crippen LogP contribution is 2.13. The highest BCUT2D eigenvalue weighted by Gasteiger charge is 2.11. The second-order valence-corrected chi connectivity index (χ2v) is 4.78. The van der Waals surface area contributed by atoms with Crippen molar-refractivity contribution in [3.63, 3.8) is 0 Å². The van der Waals surface area contributed by atoms with Gasteiger partial charge in [0.15, 0.2) is 5.82 Å². The zero-order valence-corrected chi connectivity index (χ0v) is 12.1. The fourth-order valence-electron chi connectivity index (χ4n) is 2.20. The molecule has 2 heterocycles. The van der Waals surface area contributed by atoms with Crippen molar-refractivity contribution in [1.29, 1.82) is 0 Å². The van der Waals surface area contributed by atoms with Crippen molar-refractivity contribution in [3.05, 3.63) is 58.1 Å². The topological polar surface area (TPSA) is 87.2 Å². The van der Waals surface area contributed by atoms with Gasteiger partial charge >= 0.3 is 5.97 Å². The SMILES string of the molecule is COC(=O)c1ccc2ccn(Cc3nc(C)no3)c(=O)c2c1. The molecule has 0 atom stereocenters. The van der Waals surface area contributed by atoms with E-state index in [2.05, 4.69) is 14.9 Å². The van der Waals surface area contributed by atoms with E-state index < -0.39 is 5.97 Å². The highest BCUT2D eigenvalue weighted by molar-refractivity contribution is 5.95. The number of aryl methyl sites for hydroxylation is 1. The Balaban J connectivity index is 2.07. The fraction of sp³-hybridized carbons (Fsp3) is 0.200. The number of esters is 1. The number of fused-ring (bicyclic) bond motifs is 1. The fourth-order valence-corrected chi connectivity index (χ4v) is 2.20. The van der Waals surface area contributed by atoms with Crippen LogP contribution in [0.15, 0.2) is 39.8 Å². The van der Waals surface area contributed by atoms with Gasteiger partial charge in [0.25, 0.3) is 5.56 Å². The number of aromatic nitrogens is 3. The minimum Gasteiger partial charge on any atom is -0.465 e. The number of hydrogen-bond donors (Lipinski definition) is 0. The first-order valence-corrected chi connectivity index (χ1v) is 6.59. The van der Waals surface area contributed by atoms with Gasteiger partial charge in [0.2, 0.25) is 5.89 Å². The van der Waals surface area contributed by atoms with Gasteiger partial charge in [0.1, 0.15) is 6.54 Å². The Morgan fingerprint density at radius 1 is 1.36 bits per heavy atom. The van der Waals surface area contributed by atoms with Crippen LogP contribution in [0.1, 0.15) is 22.1 Å². The van der Waals surface area contributed by atoms with Crippen LogP contribution in [0.5, 0.6) is 0 Å². The summed E-state index contributed by atoms with van der Waals surface area (Å²) in [6.07, 6.45) is 1.65. The predicted octanol–water partition coefficient (Wildman–Crippen LogP) is 1.53. The molecule has 3 aromatic rings. The van der Waals surface area contributed by atoms with Gasteiger partial charge in [-0.05, 0) is 30.5 Å². The molecular formula is C15H13N3O4. The van der Waals surface area contributed by atoms with Gasteiger partial charge in [0.05, 0.1) is 12.7 Å². The van der Waals surface area contributed by atoms with E-state index in [1.54, 1.807) is 31.3 Å². The van der Waals surface area contributed by atoms with Crippen LogP contribution in [0.25, 0.3) is 10.8 Å². The molecule has 0 aliphatic heterocycles. The Morgan fingerprint density at radius 3 is 2.86 bits per heavy atom. The lowest BCUT2D eigenvalue weighted by atomic mass is 10.1. The smallest absolute Gasteiger partial charge is 0.337 e. The van der Waals surface area contributed by atoms with E-state index >= 15 is 0 Å². The van der Waals surface area contributed by atoms with Crippen LogP contribution in [0, 0.1) is 6.92 Å². The summed E-state index contributed by atoms with van der Waals surface area (Å²) < 4.78 is 11.1. The minimum atomic E-state index is -0.482. The molecule has 0 aliphatic rings. The van der Waals surface area contributed by atoms with E-state index in [0.717, 1.165) is 5.39 Å². The molecular weight excluding hydrogens is 286 g/mol. The van der Waals surface area contributed by atoms with E-state index in [0.29, 0.717) is 22.7 Å². The Bertz CT molecular complexity index is 911. The lowest BCUT2D eigenvalue weighted by molar-refractivity contribution is 0.0601. The first-order chi connectivity index (χ1) is 10.6. The van der Waals surface area contributed by atoms with Crippen molar-refractivity contribution in [2.75, 3.05) is 7.11 Å². The number of carbonyl (C=O) groups excluding carboxylic acids is 1. The highest BCUT2D eigenvalue weighted by atomic mass is 16.5. The number of carbonyl (C=O) groups is 1. The second-order valence-electron chi connectivity index (χ2n) is 4.78. The van der Waals surface area contributed by atoms with Crippen molar-refractivity contribution >= 4 is 16.7 Å². The summed E-state index contributed by atoms with van der Waals surface area (Å²) in [5, 5.41) is 4.87. The summed E-state index contributed by atoms with van der Waals surface area (Å²) in [6, 6.07) is 6.66. The molecule has 0 aliphatic carbocycles. The van der Waals surface area contributed by atoms with Gasteiger partial charge in [-0.2, -0.15) is 4.98 Å². The van der Waals surface area contributed by atoms with Gasteiger partial charge in [-0.3, -0.25) is 4.79 Å². The van der Waals surface area contributed by atoms with Crippen LogP contribution in [0.3, 0.4) is 0 Å². The van der Waals surface area contributed by atoms with Crippen LogP contribution < -0.4 is 5.56 Å². The number of ether oxygens (including phenoxy) is 1. The summed E-state index contributed by atoms with van der Waals surface area (Å²) in [5.74, 6) is 0.379. The van der Waals surface area contributed by atoms with E-state index in [1.165, 1.54) is 17.7 Å². The van der Waals surface area contributed by atoms with Gasteiger partial charge < -0.3 is 13.8 Å². The maximum Gasteiger partial charge on any atom is 0.337 e. The second kappa shape index (κ2) is 5.44. The average Bonchev–Trinajstić information content (AvgIpc) is 2.94. The number of rotatable bonds is 3. The summed E-state index contributed by atoms with van der Waals surface area (Å²) in [4.78, 5) is 28.2. The summed E-state index contributed by atoms with van der Waals surface area (Å²) in [7, 11) is 1.30. The Labute approximate surface area is 125 Å². The van der Waals surface area contributed by atoms with Crippen LogP contribution >= 0.6 is 0 Å². The van der Waals surface area contributed by atoms with Crippen molar-refractivity contribution in [2.24, 2.45) is 0 Å². The quantitative estimate of drug-likeness (QED) is 0.682. The van der Waals surface area contributed by atoms with Gasteiger partial charge in [-0.15, -0.1) is 0 Å². The first-order valence-electron chi connectivity index (χ1n) is 6.59. The predicted molar refractivity (Wildman–Crippen MR) is 77.7 cm³/mol. The Hall–Kier alpha value is -2.96. The zero-order valence-electron chi connectivity index (χ0n) is 12.1. The molecule has 0 radical (unpaired) electrons. The molecule has 0 saturated heterocycles. The van der Waals surface area contributed by atoms with E-state index in [9.17, 15) is 9.59 Å². The molecule has 7 nitrogen and oxygen atoms in total. The van der Waals surface area contributed by atoms with Crippen molar-refractivity contribution in [1.82, 2.24) is 14.7 Å². The normalized spacial score (nSPS) is 10.8. The number of pyridine rings is 1. The molecule has 0 unspecified atom stereocenters.